The first kappa shape index (κ1) is 19.8. The van der Waals surface area contributed by atoms with Crippen LogP contribution in [0.5, 0.6) is 0 Å². The molecule has 0 amide bonds. The quantitative estimate of drug-likeness (QED) is 0.497. The lowest BCUT2D eigenvalue weighted by Gasteiger charge is -2.31. The fourth-order valence-corrected chi connectivity index (χ4v) is 5.19. The lowest BCUT2D eigenvalue weighted by molar-refractivity contribution is 0.226. The third-order valence-corrected chi connectivity index (χ3v) is 7.28. The molecule has 26 heavy (non-hydrogen) atoms. The van der Waals surface area contributed by atoms with Crippen LogP contribution in [-0.4, -0.2) is 9.97 Å². The average molecular weight is 357 g/mol. The average Bonchev–Trinajstić information content (AvgIpc) is 2.72. The van der Waals surface area contributed by atoms with Gasteiger partial charge in [-0.15, -0.1) is 0 Å². The van der Waals surface area contributed by atoms with Crippen LogP contribution in [0.15, 0.2) is 12.4 Å². The molecular formula is C24H40N2. The predicted molar refractivity (Wildman–Crippen MR) is 110 cm³/mol. The lowest BCUT2D eigenvalue weighted by Crippen LogP contribution is -2.18. The maximum absolute atomic E-state index is 4.70. The molecule has 2 aliphatic rings. The maximum Gasteiger partial charge on any atom is 0.131 e. The molecule has 0 aliphatic heterocycles. The normalized spacial score (nSPS) is 29.6. The molecule has 1 aromatic rings. The Labute approximate surface area is 161 Å². The van der Waals surface area contributed by atoms with Crippen molar-refractivity contribution >= 4 is 0 Å². The van der Waals surface area contributed by atoms with Gasteiger partial charge in [-0.2, -0.15) is 0 Å². The zero-order chi connectivity index (χ0) is 18.2. The molecule has 0 aromatic carbocycles. The van der Waals surface area contributed by atoms with Gasteiger partial charge in [-0.1, -0.05) is 65.2 Å². The summed E-state index contributed by atoms with van der Waals surface area (Å²) in [5.74, 6) is 4.77. The Hall–Kier alpha value is -0.920. The highest BCUT2D eigenvalue weighted by atomic mass is 14.9. The fraction of sp³-hybridized carbons (Fsp3) is 0.833. The fourth-order valence-electron chi connectivity index (χ4n) is 5.19. The van der Waals surface area contributed by atoms with Crippen LogP contribution in [0.2, 0.25) is 0 Å². The zero-order valence-electron chi connectivity index (χ0n) is 17.3. The predicted octanol–water partition coefficient (Wildman–Crippen LogP) is 7.09. The SMILES string of the molecule is CCCCc1cnc(C2CCC(CCC3CCC(CC)CC3)CC2)nc1. The minimum absolute atomic E-state index is 0.617. The number of hydrogen-bond donors (Lipinski definition) is 0. The summed E-state index contributed by atoms with van der Waals surface area (Å²) in [5, 5.41) is 0. The molecule has 1 heterocycles. The van der Waals surface area contributed by atoms with Crippen molar-refractivity contribution in [3.05, 3.63) is 23.8 Å². The van der Waals surface area contributed by atoms with Gasteiger partial charge in [-0.25, -0.2) is 9.97 Å². The van der Waals surface area contributed by atoms with Crippen molar-refractivity contribution in [2.45, 2.75) is 110 Å². The third-order valence-electron chi connectivity index (χ3n) is 7.28. The van der Waals surface area contributed by atoms with Gasteiger partial charge in [0.05, 0.1) is 0 Å². The van der Waals surface area contributed by atoms with E-state index in [9.17, 15) is 0 Å². The number of unbranched alkanes of at least 4 members (excludes halogenated alkanes) is 1. The van der Waals surface area contributed by atoms with E-state index in [0.717, 1.165) is 30.0 Å². The molecule has 0 spiro atoms. The van der Waals surface area contributed by atoms with Crippen molar-refractivity contribution in [2.24, 2.45) is 17.8 Å². The van der Waals surface area contributed by atoms with Gasteiger partial charge in [-0.3, -0.25) is 0 Å². The molecule has 0 unspecified atom stereocenters. The van der Waals surface area contributed by atoms with Crippen LogP contribution in [-0.2, 0) is 6.42 Å². The van der Waals surface area contributed by atoms with Crippen molar-refractivity contribution in [1.29, 1.82) is 0 Å². The highest BCUT2D eigenvalue weighted by molar-refractivity contribution is 5.08. The van der Waals surface area contributed by atoms with Gasteiger partial charge in [0.25, 0.3) is 0 Å². The molecule has 3 rings (SSSR count). The Balaban J connectivity index is 1.36. The van der Waals surface area contributed by atoms with Gasteiger partial charge in [0.15, 0.2) is 0 Å². The molecule has 2 fully saturated rings. The van der Waals surface area contributed by atoms with Crippen LogP contribution >= 0.6 is 0 Å². The molecule has 0 saturated heterocycles. The molecule has 0 N–H and O–H groups in total. The Bertz CT molecular complexity index is 493. The summed E-state index contributed by atoms with van der Waals surface area (Å²) in [6.45, 7) is 4.61. The van der Waals surface area contributed by atoms with Gasteiger partial charge in [0, 0.05) is 18.3 Å². The van der Waals surface area contributed by atoms with Crippen molar-refractivity contribution in [3.8, 4) is 0 Å². The van der Waals surface area contributed by atoms with Crippen molar-refractivity contribution in [1.82, 2.24) is 9.97 Å². The smallest absolute Gasteiger partial charge is 0.131 e. The number of aryl methyl sites for hydroxylation is 1. The monoisotopic (exact) mass is 356 g/mol. The highest BCUT2D eigenvalue weighted by Gasteiger charge is 2.26. The minimum atomic E-state index is 0.617. The van der Waals surface area contributed by atoms with E-state index in [1.807, 2.05) is 0 Å². The molecule has 0 radical (unpaired) electrons. The molecule has 0 bridgehead atoms. The summed E-state index contributed by atoms with van der Waals surface area (Å²) in [5.41, 5.74) is 1.31. The van der Waals surface area contributed by atoms with Crippen LogP contribution in [0, 0.1) is 17.8 Å². The second-order valence-corrected chi connectivity index (χ2v) is 9.14. The van der Waals surface area contributed by atoms with Gasteiger partial charge in [0.2, 0.25) is 0 Å². The van der Waals surface area contributed by atoms with E-state index in [2.05, 4.69) is 26.2 Å². The van der Waals surface area contributed by atoms with Crippen molar-refractivity contribution < 1.29 is 0 Å². The molecule has 1 aromatic heterocycles. The van der Waals surface area contributed by atoms with Crippen LogP contribution in [0.25, 0.3) is 0 Å². The van der Waals surface area contributed by atoms with E-state index in [4.69, 9.17) is 9.97 Å². The molecule has 2 nitrogen and oxygen atoms in total. The van der Waals surface area contributed by atoms with E-state index in [1.54, 1.807) is 0 Å². The van der Waals surface area contributed by atoms with Gasteiger partial charge in [-0.05, 0) is 61.8 Å². The third kappa shape index (κ3) is 5.79. The van der Waals surface area contributed by atoms with Crippen molar-refractivity contribution in [3.63, 3.8) is 0 Å². The van der Waals surface area contributed by atoms with E-state index in [0.29, 0.717) is 5.92 Å². The van der Waals surface area contributed by atoms with Crippen LogP contribution in [0.3, 0.4) is 0 Å². The first-order valence-corrected chi connectivity index (χ1v) is 11.6. The second kappa shape index (κ2) is 10.4. The molecular weight excluding hydrogens is 316 g/mol. The molecule has 0 atom stereocenters. The summed E-state index contributed by atoms with van der Waals surface area (Å²) < 4.78 is 0. The van der Waals surface area contributed by atoms with Crippen LogP contribution in [0.4, 0.5) is 0 Å². The lowest BCUT2D eigenvalue weighted by atomic mass is 9.75. The van der Waals surface area contributed by atoms with E-state index in [-0.39, 0.29) is 0 Å². The molecule has 146 valence electrons. The van der Waals surface area contributed by atoms with E-state index in [1.165, 1.54) is 89.0 Å². The molecule has 2 heteroatoms. The Morgan fingerprint density at radius 2 is 1.31 bits per heavy atom. The number of aromatic nitrogens is 2. The first-order chi connectivity index (χ1) is 12.8. The van der Waals surface area contributed by atoms with E-state index >= 15 is 0 Å². The number of nitrogens with zero attached hydrogens (tertiary/aromatic N) is 2. The van der Waals surface area contributed by atoms with Crippen LogP contribution < -0.4 is 0 Å². The minimum Gasteiger partial charge on any atom is -0.241 e. The topological polar surface area (TPSA) is 25.8 Å². The summed E-state index contributed by atoms with van der Waals surface area (Å²) in [4.78, 5) is 9.41. The Kier molecular flexibility index (Phi) is 7.95. The van der Waals surface area contributed by atoms with Crippen LogP contribution in [0.1, 0.15) is 115 Å². The van der Waals surface area contributed by atoms with E-state index < -0.39 is 0 Å². The maximum atomic E-state index is 4.70. The summed E-state index contributed by atoms with van der Waals surface area (Å²) in [6.07, 6.45) is 23.6. The summed E-state index contributed by atoms with van der Waals surface area (Å²) >= 11 is 0. The standard InChI is InChI=1S/C24H40N2/c1-3-5-6-22-17-25-24(26-18-22)23-15-13-21(14-16-23)12-11-20-9-7-19(4-2)8-10-20/h17-21,23H,3-16H2,1-2H3. The summed E-state index contributed by atoms with van der Waals surface area (Å²) in [6, 6.07) is 0. The Morgan fingerprint density at radius 3 is 1.85 bits per heavy atom. The van der Waals surface area contributed by atoms with Gasteiger partial charge >= 0.3 is 0 Å². The van der Waals surface area contributed by atoms with Crippen molar-refractivity contribution in [2.75, 3.05) is 0 Å². The van der Waals surface area contributed by atoms with Gasteiger partial charge < -0.3 is 0 Å². The summed E-state index contributed by atoms with van der Waals surface area (Å²) in [7, 11) is 0. The number of rotatable bonds is 8. The number of hydrogen-bond acceptors (Lipinski definition) is 2. The Morgan fingerprint density at radius 1 is 0.769 bits per heavy atom. The first-order valence-electron chi connectivity index (χ1n) is 11.6. The molecule has 2 aliphatic carbocycles. The zero-order valence-corrected chi connectivity index (χ0v) is 17.3. The van der Waals surface area contributed by atoms with Gasteiger partial charge in [0.1, 0.15) is 5.82 Å². The highest BCUT2D eigenvalue weighted by Crippen LogP contribution is 2.39. The largest absolute Gasteiger partial charge is 0.241 e. The molecule has 2 saturated carbocycles. The second-order valence-electron chi connectivity index (χ2n) is 9.14.